The van der Waals surface area contributed by atoms with Crippen LogP contribution in [0.1, 0.15) is 20.8 Å². The van der Waals surface area contributed by atoms with Crippen LogP contribution in [0.5, 0.6) is 0 Å². The number of rotatable bonds is 2. The molecule has 102 valence electrons. The van der Waals surface area contributed by atoms with Crippen molar-refractivity contribution >= 4 is 28.6 Å². The number of benzene rings is 1. The van der Waals surface area contributed by atoms with E-state index in [2.05, 4.69) is 10.5 Å². The zero-order valence-corrected chi connectivity index (χ0v) is 10.9. The van der Waals surface area contributed by atoms with Crippen LogP contribution in [0.4, 0.5) is 16.3 Å². The van der Waals surface area contributed by atoms with Gasteiger partial charge >= 0.3 is 6.09 Å². The molecular formula is C12H15N3O4. The molecule has 1 amide bonds. The average Bonchev–Trinajstić information content (AvgIpc) is 2.69. The molecule has 0 aliphatic carbocycles. The second-order valence-electron chi connectivity index (χ2n) is 4.98. The number of hydrogen-bond donors (Lipinski definition) is 3. The second-order valence-corrected chi connectivity index (χ2v) is 4.98. The van der Waals surface area contributed by atoms with Crippen LogP contribution in [0.2, 0.25) is 0 Å². The van der Waals surface area contributed by atoms with Gasteiger partial charge in [0.05, 0.1) is 11.1 Å². The predicted molar refractivity (Wildman–Crippen MR) is 69.3 cm³/mol. The first-order chi connectivity index (χ1) is 8.89. The Bertz CT molecular complexity index is 601. The van der Waals surface area contributed by atoms with Gasteiger partial charge in [-0.15, -0.1) is 0 Å². The number of ether oxygens (including phenoxy) is 1. The molecule has 0 aliphatic rings. The first kappa shape index (κ1) is 13.2. The summed E-state index contributed by atoms with van der Waals surface area (Å²) in [6.07, 6.45) is -0.605. The molecule has 1 aromatic heterocycles. The Hall–Kier alpha value is -2.28. The van der Waals surface area contributed by atoms with Crippen molar-refractivity contribution in [2.75, 3.05) is 10.8 Å². The third-order valence-electron chi connectivity index (χ3n) is 2.22. The lowest BCUT2D eigenvalue weighted by Gasteiger charge is -2.19. The van der Waals surface area contributed by atoms with Crippen LogP contribution in [-0.2, 0) is 4.74 Å². The summed E-state index contributed by atoms with van der Waals surface area (Å²) in [7, 11) is 0. The Balaban J connectivity index is 2.20. The quantitative estimate of drug-likeness (QED) is 0.722. The third-order valence-corrected chi connectivity index (χ3v) is 2.22. The van der Waals surface area contributed by atoms with E-state index in [1.807, 2.05) is 5.48 Å². The van der Waals surface area contributed by atoms with E-state index in [1.54, 1.807) is 39.0 Å². The Morgan fingerprint density at radius 2 is 2.16 bits per heavy atom. The van der Waals surface area contributed by atoms with Crippen molar-refractivity contribution < 1.29 is 19.3 Å². The lowest BCUT2D eigenvalue weighted by atomic mass is 10.2. The van der Waals surface area contributed by atoms with E-state index in [-0.39, 0.29) is 5.82 Å². The van der Waals surface area contributed by atoms with Crippen LogP contribution in [0.25, 0.3) is 11.0 Å². The summed E-state index contributed by atoms with van der Waals surface area (Å²) < 4.78 is 10.2. The summed E-state index contributed by atoms with van der Waals surface area (Å²) >= 11 is 0. The summed E-state index contributed by atoms with van der Waals surface area (Å²) in [6, 6.07) is 4.85. The van der Waals surface area contributed by atoms with Gasteiger partial charge in [-0.1, -0.05) is 5.16 Å². The molecule has 2 aromatic rings. The maximum Gasteiger partial charge on any atom is 0.413 e. The molecule has 7 nitrogen and oxygen atoms in total. The van der Waals surface area contributed by atoms with Crippen LogP contribution < -0.4 is 10.8 Å². The van der Waals surface area contributed by atoms with Crippen molar-refractivity contribution in [2.45, 2.75) is 26.4 Å². The van der Waals surface area contributed by atoms with Crippen LogP contribution in [0.3, 0.4) is 0 Å². The number of carbonyl (C=O) groups excluding carboxylic acids is 1. The molecule has 0 atom stereocenters. The molecule has 0 spiro atoms. The van der Waals surface area contributed by atoms with E-state index >= 15 is 0 Å². The van der Waals surface area contributed by atoms with E-state index in [4.69, 9.17) is 14.5 Å². The Morgan fingerprint density at radius 3 is 2.79 bits per heavy atom. The Morgan fingerprint density at radius 1 is 1.42 bits per heavy atom. The standard InChI is InChI=1S/C12H15N3O4/c1-12(2,3)18-11(16)13-10-8-5-4-7(14-17)6-9(8)19-15-10/h4-6,14,17H,1-3H3,(H,13,15,16). The SMILES string of the molecule is CC(C)(C)OC(=O)Nc1noc2cc(NO)ccc12. The molecule has 19 heavy (non-hydrogen) atoms. The fraction of sp³-hybridized carbons (Fsp3) is 0.333. The number of aromatic nitrogens is 1. The van der Waals surface area contributed by atoms with E-state index < -0.39 is 11.7 Å². The van der Waals surface area contributed by atoms with Crippen molar-refractivity contribution in [2.24, 2.45) is 0 Å². The number of nitrogens with one attached hydrogen (secondary N) is 2. The van der Waals surface area contributed by atoms with Gasteiger partial charge in [-0.2, -0.15) is 0 Å². The number of anilines is 2. The molecule has 1 heterocycles. The topological polar surface area (TPSA) is 96.6 Å². The summed E-state index contributed by atoms with van der Waals surface area (Å²) in [5.41, 5.74) is 2.32. The fourth-order valence-corrected chi connectivity index (χ4v) is 1.50. The van der Waals surface area contributed by atoms with Gasteiger partial charge in [0, 0.05) is 6.07 Å². The van der Waals surface area contributed by atoms with Gasteiger partial charge in [0.1, 0.15) is 5.60 Å². The van der Waals surface area contributed by atoms with Crippen molar-refractivity contribution in [3.8, 4) is 0 Å². The number of hydrogen-bond acceptors (Lipinski definition) is 6. The lowest BCUT2D eigenvalue weighted by molar-refractivity contribution is 0.0635. The summed E-state index contributed by atoms with van der Waals surface area (Å²) in [5.74, 6) is 0.272. The largest absolute Gasteiger partial charge is 0.444 e. The van der Waals surface area contributed by atoms with E-state index in [0.717, 1.165) is 0 Å². The highest BCUT2D eigenvalue weighted by atomic mass is 16.6. The zero-order chi connectivity index (χ0) is 14.0. The predicted octanol–water partition coefficient (Wildman–Crippen LogP) is 2.98. The molecule has 2 rings (SSSR count). The molecule has 0 aliphatic heterocycles. The molecule has 3 N–H and O–H groups in total. The van der Waals surface area contributed by atoms with Gasteiger partial charge in [-0.3, -0.25) is 16.0 Å². The van der Waals surface area contributed by atoms with E-state index in [1.165, 1.54) is 0 Å². The van der Waals surface area contributed by atoms with Gasteiger partial charge in [0.25, 0.3) is 0 Å². The molecule has 0 saturated heterocycles. The van der Waals surface area contributed by atoms with Gasteiger partial charge < -0.3 is 9.26 Å². The maximum atomic E-state index is 11.6. The molecule has 0 bridgehead atoms. The normalized spacial score (nSPS) is 11.4. The molecule has 1 aromatic carbocycles. The van der Waals surface area contributed by atoms with Crippen LogP contribution in [0, 0.1) is 0 Å². The molecule has 0 radical (unpaired) electrons. The van der Waals surface area contributed by atoms with Crippen molar-refractivity contribution in [3.63, 3.8) is 0 Å². The van der Waals surface area contributed by atoms with Gasteiger partial charge in [0.15, 0.2) is 11.4 Å². The summed E-state index contributed by atoms with van der Waals surface area (Å²) in [6.45, 7) is 5.31. The van der Waals surface area contributed by atoms with Gasteiger partial charge in [0.2, 0.25) is 0 Å². The minimum Gasteiger partial charge on any atom is -0.444 e. The number of amides is 1. The molecule has 0 saturated carbocycles. The first-order valence-corrected chi connectivity index (χ1v) is 5.68. The monoisotopic (exact) mass is 265 g/mol. The van der Waals surface area contributed by atoms with Gasteiger partial charge in [-0.25, -0.2) is 4.79 Å². The number of carbonyl (C=O) groups is 1. The van der Waals surface area contributed by atoms with E-state index in [9.17, 15) is 4.79 Å². The molecule has 0 fully saturated rings. The molecule has 0 unspecified atom stereocenters. The minimum absolute atomic E-state index is 0.272. The average molecular weight is 265 g/mol. The second kappa shape index (κ2) is 4.77. The van der Waals surface area contributed by atoms with Crippen molar-refractivity contribution in [3.05, 3.63) is 18.2 Å². The van der Waals surface area contributed by atoms with Crippen LogP contribution >= 0.6 is 0 Å². The van der Waals surface area contributed by atoms with Crippen molar-refractivity contribution in [1.82, 2.24) is 5.16 Å². The lowest BCUT2D eigenvalue weighted by Crippen LogP contribution is -2.27. The smallest absolute Gasteiger partial charge is 0.413 e. The van der Waals surface area contributed by atoms with E-state index in [0.29, 0.717) is 16.7 Å². The summed E-state index contributed by atoms with van der Waals surface area (Å²) in [4.78, 5) is 11.6. The van der Waals surface area contributed by atoms with Crippen LogP contribution in [-0.4, -0.2) is 22.1 Å². The zero-order valence-electron chi connectivity index (χ0n) is 10.9. The molecule has 7 heteroatoms. The Labute approximate surface area is 109 Å². The van der Waals surface area contributed by atoms with Crippen LogP contribution in [0.15, 0.2) is 22.7 Å². The highest BCUT2D eigenvalue weighted by molar-refractivity contribution is 5.97. The third kappa shape index (κ3) is 3.14. The maximum absolute atomic E-state index is 11.6. The number of nitrogens with zero attached hydrogens (tertiary/aromatic N) is 1. The highest BCUT2D eigenvalue weighted by Crippen LogP contribution is 2.25. The van der Waals surface area contributed by atoms with Gasteiger partial charge in [-0.05, 0) is 32.9 Å². The number of fused-ring (bicyclic) bond motifs is 1. The Kier molecular flexibility index (Phi) is 3.30. The first-order valence-electron chi connectivity index (χ1n) is 5.68. The fourth-order valence-electron chi connectivity index (χ4n) is 1.50. The van der Waals surface area contributed by atoms with Crippen molar-refractivity contribution in [1.29, 1.82) is 0 Å². The highest BCUT2D eigenvalue weighted by Gasteiger charge is 2.18. The molecular weight excluding hydrogens is 250 g/mol. The summed E-state index contributed by atoms with van der Waals surface area (Å²) in [5, 5.41) is 15.6. The minimum atomic E-state index is -0.605.